The predicted octanol–water partition coefficient (Wildman–Crippen LogP) is 11.0. The zero-order valence-corrected chi connectivity index (χ0v) is 29.6. The minimum absolute atomic E-state index is 0. The Balaban J connectivity index is 0.000000262. The Morgan fingerprint density at radius 1 is 0.889 bits per heavy atom. The Morgan fingerprint density at radius 2 is 1.64 bits per heavy atom. The van der Waals surface area contributed by atoms with Crippen molar-refractivity contribution in [3.8, 4) is 22.5 Å². The summed E-state index contributed by atoms with van der Waals surface area (Å²) in [5, 5.41) is 2.93. The van der Waals surface area contributed by atoms with Crippen LogP contribution in [0, 0.1) is 32.8 Å². The average Bonchev–Trinajstić information content (AvgIpc) is 3.63. The Bertz CT molecular complexity index is 2220. The molecule has 0 spiro atoms. The van der Waals surface area contributed by atoms with Crippen LogP contribution in [-0.4, -0.2) is 15.0 Å². The van der Waals surface area contributed by atoms with Crippen molar-refractivity contribution in [1.29, 1.82) is 0 Å². The van der Waals surface area contributed by atoms with E-state index in [1.54, 1.807) is 31.3 Å². The van der Waals surface area contributed by atoms with Gasteiger partial charge >= 0.3 is 0 Å². The van der Waals surface area contributed by atoms with Crippen LogP contribution in [0.2, 0.25) is 0 Å². The van der Waals surface area contributed by atoms with Gasteiger partial charge < -0.3 is 14.4 Å². The molecule has 4 aromatic heterocycles. The van der Waals surface area contributed by atoms with Crippen molar-refractivity contribution in [3.05, 3.63) is 112 Å². The fourth-order valence-electron chi connectivity index (χ4n) is 5.00. The Kier molecular flexibility index (Phi) is 7.95. The zero-order chi connectivity index (χ0) is 34.6. The molecular weight excluding hydrogens is 751 g/mol. The van der Waals surface area contributed by atoms with E-state index in [1.165, 1.54) is 17.3 Å². The number of aromatic nitrogens is 3. The zero-order valence-electron chi connectivity index (χ0n) is 30.4. The molecule has 0 bridgehead atoms. The third kappa shape index (κ3) is 6.65. The third-order valence-corrected chi connectivity index (χ3v) is 8.90. The number of fused-ring (bicyclic) bond motifs is 5. The van der Waals surface area contributed by atoms with Crippen LogP contribution >= 0.6 is 11.3 Å². The Morgan fingerprint density at radius 3 is 2.31 bits per heavy atom. The molecule has 7 rings (SSSR count). The van der Waals surface area contributed by atoms with Gasteiger partial charge in [-0.15, -0.1) is 64.9 Å². The molecule has 231 valence electrons. The van der Waals surface area contributed by atoms with Gasteiger partial charge in [0.25, 0.3) is 0 Å². The maximum atomic E-state index is 8.53. The second kappa shape index (κ2) is 13.0. The van der Waals surface area contributed by atoms with Crippen LogP contribution in [0.5, 0.6) is 0 Å². The average molecular weight is 792 g/mol. The second-order valence-corrected chi connectivity index (χ2v) is 13.4. The number of rotatable bonds is 3. The van der Waals surface area contributed by atoms with E-state index in [1.807, 2.05) is 43.5 Å². The third-order valence-electron chi connectivity index (χ3n) is 7.45. The van der Waals surface area contributed by atoms with E-state index in [4.69, 9.17) is 14.9 Å². The largest absolute Gasteiger partial charge is 0.498 e. The quantitative estimate of drug-likeness (QED) is 0.167. The van der Waals surface area contributed by atoms with Crippen molar-refractivity contribution < 1.29 is 30.0 Å². The number of hydrogen-bond acceptors (Lipinski definition) is 5. The summed E-state index contributed by atoms with van der Waals surface area (Å²) in [6.07, 6.45) is 3.24. The van der Waals surface area contributed by atoms with E-state index in [2.05, 4.69) is 74.1 Å². The Labute approximate surface area is 288 Å². The molecular formula is C39H37IrN3OS-2. The van der Waals surface area contributed by atoms with Gasteiger partial charge in [-0.2, -0.15) is 0 Å². The van der Waals surface area contributed by atoms with Gasteiger partial charge in [0.1, 0.15) is 11.1 Å². The fraction of sp³-hybridized carbons (Fsp3) is 0.256. The van der Waals surface area contributed by atoms with Crippen LogP contribution in [0.1, 0.15) is 73.3 Å². The van der Waals surface area contributed by atoms with Crippen molar-refractivity contribution in [2.24, 2.45) is 0 Å². The van der Waals surface area contributed by atoms with Gasteiger partial charge in [0.2, 0.25) is 0 Å². The number of pyridine rings is 2. The van der Waals surface area contributed by atoms with Gasteiger partial charge in [0.05, 0.1) is 15.3 Å². The maximum Gasteiger partial charge on any atom is 0.148 e. The molecule has 0 saturated heterocycles. The molecule has 1 radical (unpaired) electrons. The van der Waals surface area contributed by atoms with Crippen LogP contribution in [-0.2, 0) is 25.5 Å². The van der Waals surface area contributed by atoms with Crippen molar-refractivity contribution in [1.82, 2.24) is 15.0 Å². The SMILES string of the molecule is Cc1c[c-]c(-c2ccc(C)cn2)cc1.[2H]C([2H])([2H])c1cnc(-c2[c-]ccc3c2oc2c3ccc3sc(C(C)(C)C)nc32)cc1C([2H])(C)C.[Ir]. The molecule has 0 fully saturated rings. The molecule has 4 nitrogen and oxygen atoms in total. The summed E-state index contributed by atoms with van der Waals surface area (Å²) in [4.78, 5) is 13.7. The van der Waals surface area contributed by atoms with Crippen molar-refractivity contribution >= 4 is 43.5 Å². The minimum Gasteiger partial charge on any atom is -0.498 e. The van der Waals surface area contributed by atoms with Gasteiger partial charge in [-0.3, -0.25) is 0 Å². The molecule has 6 heteroatoms. The van der Waals surface area contributed by atoms with E-state index in [9.17, 15) is 0 Å². The first-order chi connectivity index (χ1) is 22.5. The number of thiazole rings is 1. The van der Waals surface area contributed by atoms with Gasteiger partial charge in [0.15, 0.2) is 0 Å². The molecule has 0 aliphatic heterocycles. The second-order valence-electron chi connectivity index (χ2n) is 12.4. The number of hydrogen-bond donors (Lipinski definition) is 0. The van der Waals surface area contributed by atoms with E-state index >= 15 is 0 Å². The summed E-state index contributed by atoms with van der Waals surface area (Å²) in [5.74, 6) is -1.11. The first-order valence-corrected chi connectivity index (χ1v) is 15.4. The van der Waals surface area contributed by atoms with Crippen LogP contribution in [0.3, 0.4) is 0 Å². The molecule has 0 N–H and O–H groups in total. The monoisotopic (exact) mass is 792 g/mol. The topological polar surface area (TPSA) is 51.8 Å². The van der Waals surface area contributed by atoms with Gasteiger partial charge in [-0.25, -0.2) is 4.98 Å². The van der Waals surface area contributed by atoms with Crippen LogP contribution in [0.15, 0.2) is 77.5 Å². The number of benzene rings is 3. The molecule has 45 heavy (non-hydrogen) atoms. The van der Waals surface area contributed by atoms with E-state index in [0.717, 1.165) is 42.8 Å². The standard InChI is InChI=1S/C26H25N2OS.C13H12N.Ir/c1-14(2)19-12-20(27-13-15(19)3)18-9-7-8-16-17-10-11-21-22(24(17)29-23(16)18)28-25(30-21)26(4,5)6;1-10-3-6-12(7-4-10)13-8-5-11(2)9-14-13;/h7-8,10-14H,1-6H3;3-6,8-9H,1-2H3;/q2*-1;/i3D3,14D;;. The molecule has 0 saturated carbocycles. The molecule has 0 unspecified atom stereocenters. The van der Waals surface area contributed by atoms with E-state index < -0.39 is 12.7 Å². The summed E-state index contributed by atoms with van der Waals surface area (Å²) >= 11 is 1.67. The number of nitrogens with zero attached hydrogens (tertiary/aromatic N) is 3. The predicted molar refractivity (Wildman–Crippen MR) is 184 cm³/mol. The van der Waals surface area contributed by atoms with Crippen LogP contribution in [0.25, 0.3) is 54.7 Å². The van der Waals surface area contributed by atoms with Gasteiger partial charge in [-0.1, -0.05) is 76.8 Å². The molecule has 3 aromatic carbocycles. The Hall–Kier alpha value is -3.70. The van der Waals surface area contributed by atoms with E-state index in [-0.39, 0.29) is 31.1 Å². The molecule has 0 aliphatic carbocycles. The fourth-order valence-corrected chi connectivity index (χ4v) is 6.02. The summed E-state index contributed by atoms with van der Waals surface area (Å²) in [7, 11) is 0. The first kappa shape index (κ1) is 27.6. The number of aryl methyl sites for hydroxylation is 3. The molecule has 0 amide bonds. The molecule has 4 heterocycles. The normalized spacial score (nSPS) is 13.4. The van der Waals surface area contributed by atoms with Crippen molar-refractivity contribution in [2.75, 3.05) is 0 Å². The minimum atomic E-state index is -2.35. The first-order valence-electron chi connectivity index (χ1n) is 16.6. The maximum absolute atomic E-state index is 8.53. The summed E-state index contributed by atoms with van der Waals surface area (Å²) in [5.41, 5.74) is 8.23. The van der Waals surface area contributed by atoms with Gasteiger partial charge in [-0.05, 0) is 53.8 Å². The summed E-state index contributed by atoms with van der Waals surface area (Å²) in [6, 6.07) is 26.2. The molecule has 7 aromatic rings. The number of furan rings is 1. The summed E-state index contributed by atoms with van der Waals surface area (Å²) < 4.78 is 39.6. The van der Waals surface area contributed by atoms with E-state index in [0.29, 0.717) is 22.4 Å². The van der Waals surface area contributed by atoms with Gasteiger partial charge in [0, 0.05) is 48.8 Å². The van der Waals surface area contributed by atoms with Crippen molar-refractivity contribution in [2.45, 2.75) is 66.6 Å². The molecule has 0 aliphatic rings. The van der Waals surface area contributed by atoms with Crippen molar-refractivity contribution in [3.63, 3.8) is 0 Å². The smallest absolute Gasteiger partial charge is 0.148 e. The summed E-state index contributed by atoms with van der Waals surface area (Å²) in [6.45, 7) is 11.5. The van der Waals surface area contributed by atoms with Crippen LogP contribution in [0.4, 0.5) is 0 Å². The van der Waals surface area contributed by atoms with Crippen LogP contribution < -0.4 is 0 Å². The molecule has 0 atom stereocenters.